The number of allylic oxidation sites excluding steroid dienone is 1. The van der Waals surface area contributed by atoms with E-state index in [1.165, 1.54) is 0 Å². The molecule has 2 rings (SSSR count). The number of nitrogens with one attached hydrogen (secondary N) is 1. The van der Waals surface area contributed by atoms with Crippen LogP contribution in [0.5, 0.6) is 0 Å². The Kier molecular flexibility index (Phi) is 6.42. The molecular formula is C20H28ClN3O3. The van der Waals surface area contributed by atoms with Gasteiger partial charge in [0.05, 0.1) is 10.6 Å². The number of nitrogens with two attached hydrogens (primary N) is 1. The number of primary amides is 1. The molecule has 3 N–H and O–H groups in total. The number of rotatable bonds is 7. The lowest BCUT2D eigenvalue weighted by atomic mass is 9.88. The third-order valence-electron chi connectivity index (χ3n) is 4.45. The number of nitrogens with zero attached hydrogens (tertiary/aromatic N) is 1. The summed E-state index contributed by atoms with van der Waals surface area (Å²) in [6.45, 7) is 10.1. The number of carbonyl (C=O) groups is 1. The van der Waals surface area contributed by atoms with Gasteiger partial charge in [0.2, 0.25) is 0 Å². The lowest BCUT2D eigenvalue weighted by Gasteiger charge is -2.34. The number of dihydropyridines is 1. The van der Waals surface area contributed by atoms with E-state index in [0.29, 0.717) is 23.1 Å². The van der Waals surface area contributed by atoms with Crippen LogP contribution in [-0.4, -0.2) is 23.3 Å². The van der Waals surface area contributed by atoms with E-state index in [0.717, 1.165) is 11.1 Å². The highest BCUT2D eigenvalue weighted by atomic mass is 35.5. The number of halogens is 1. The van der Waals surface area contributed by atoms with Gasteiger partial charge in [0, 0.05) is 18.6 Å². The summed E-state index contributed by atoms with van der Waals surface area (Å²) in [6, 6.07) is 1.96. The Bertz CT molecular complexity index is 763. The van der Waals surface area contributed by atoms with Gasteiger partial charge >= 0.3 is 6.09 Å². The topological polar surface area (TPSA) is 86.5 Å². The van der Waals surface area contributed by atoms with Crippen LogP contribution in [0.3, 0.4) is 0 Å². The first kappa shape index (κ1) is 21.1. The Morgan fingerprint density at radius 3 is 2.74 bits per heavy atom. The lowest BCUT2D eigenvalue weighted by Crippen LogP contribution is -2.41. The molecular weight excluding hydrogens is 366 g/mol. The van der Waals surface area contributed by atoms with Gasteiger partial charge in [-0.3, -0.25) is 4.98 Å². The molecule has 148 valence electrons. The lowest BCUT2D eigenvalue weighted by molar-refractivity contribution is -0.0348. The number of pyridine rings is 1. The Morgan fingerprint density at radius 1 is 1.48 bits per heavy atom. The van der Waals surface area contributed by atoms with Gasteiger partial charge in [-0.25, -0.2) is 4.79 Å². The number of amides is 1. The summed E-state index contributed by atoms with van der Waals surface area (Å²) in [5, 5.41) is 3.83. The minimum atomic E-state index is -0.833. The van der Waals surface area contributed by atoms with E-state index in [1.807, 2.05) is 46.0 Å². The van der Waals surface area contributed by atoms with Crippen molar-refractivity contribution >= 4 is 17.7 Å². The molecule has 0 aromatic carbocycles. The molecule has 0 spiro atoms. The van der Waals surface area contributed by atoms with Crippen LogP contribution in [-0.2, 0) is 15.0 Å². The van der Waals surface area contributed by atoms with Crippen molar-refractivity contribution in [3.8, 4) is 0 Å². The summed E-state index contributed by atoms with van der Waals surface area (Å²) < 4.78 is 11.2. The molecule has 1 amide bonds. The van der Waals surface area contributed by atoms with E-state index < -0.39 is 17.2 Å². The highest BCUT2D eigenvalue weighted by Crippen LogP contribution is 2.34. The summed E-state index contributed by atoms with van der Waals surface area (Å²) in [4.78, 5) is 15.4. The van der Waals surface area contributed by atoms with Crippen LogP contribution in [0.1, 0.15) is 45.2 Å². The monoisotopic (exact) mass is 393 g/mol. The number of ether oxygens (including phenoxy) is 2. The first-order valence-electron chi connectivity index (χ1n) is 8.93. The van der Waals surface area contributed by atoms with Gasteiger partial charge in [0.25, 0.3) is 0 Å². The minimum Gasteiger partial charge on any atom is -0.486 e. The normalized spacial score (nSPS) is 21.6. The van der Waals surface area contributed by atoms with Gasteiger partial charge in [0.1, 0.15) is 12.2 Å². The molecule has 0 saturated heterocycles. The predicted molar refractivity (Wildman–Crippen MR) is 106 cm³/mol. The van der Waals surface area contributed by atoms with E-state index in [9.17, 15) is 4.79 Å². The molecule has 0 radical (unpaired) electrons. The first-order chi connectivity index (χ1) is 12.5. The number of hydrogen-bond donors (Lipinski definition) is 2. The van der Waals surface area contributed by atoms with Crippen molar-refractivity contribution in [3.05, 3.63) is 52.7 Å². The third kappa shape index (κ3) is 5.39. The molecule has 1 aromatic rings. The summed E-state index contributed by atoms with van der Waals surface area (Å²) in [5.74, 6) is 0.796. The van der Waals surface area contributed by atoms with Crippen LogP contribution in [0.25, 0.3) is 0 Å². The molecule has 1 aromatic heterocycles. The molecule has 0 aliphatic carbocycles. The Hall–Kier alpha value is -2.21. The second kappa shape index (κ2) is 8.21. The summed E-state index contributed by atoms with van der Waals surface area (Å²) in [7, 11) is 0. The zero-order chi connectivity index (χ0) is 20.2. The number of carbonyl (C=O) groups excluding carboxylic acids is 1. The van der Waals surface area contributed by atoms with E-state index >= 15 is 0 Å². The maximum atomic E-state index is 11.3. The molecule has 0 bridgehead atoms. The second-order valence-corrected chi connectivity index (χ2v) is 8.20. The summed E-state index contributed by atoms with van der Waals surface area (Å²) >= 11 is 6.49. The van der Waals surface area contributed by atoms with Crippen LogP contribution < -0.4 is 11.1 Å². The fourth-order valence-corrected chi connectivity index (χ4v) is 3.77. The van der Waals surface area contributed by atoms with Gasteiger partial charge < -0.3 is 20.5 Å². The van der Waals surface area contributed by atoms with Gasteiger partial charge in [-0.2, -0.15) is 0 Å². The Labute approximate surface area is 165 Å². The molecule has 0 saturated carbocycles. The average Bonchev–Trinajstić information content (AvgIpc) is 2.52. The largest absolute Gasteiger partial charge is 0.486 e. The Balaban J connectivity index is 2.13. The van der Waals surface area contributed by atoms with Crippen LogP contribution in [0.2, 0.25) is 0 Å². The molecule has 1 aliphatic rings. The zero-order valence-electron chi connectivity index (χ0n) is 16.5. The van der Waals surface area contributed by atoms with Crippen molar-refractivity contribution in [1.29, 1.82) is 0 Å². The quantitative estimate of drug-likeness (QED) is 0.728. The molecule has 2 unspecified atom stereocenters. The van der Waals surface area contributed by atoms with Crippen LogP contribution >= 0.6 is 11.6 Å². The minimum absolute atomic E-state index is 0.149. The maximum absolute atomic E-state index is 11.3. The fraction of sp³-hybridized carbons (Fsp3) is 0.500. The van der Waals surface area contributed by atoms with Gasteiger partial charge in [-0.15, -0.1) is 0 Å². The first-order valence-corrected chi connectivity index (χ1v) is 9.31. The van der Waals surface area contributed by atoms with Crippen molar-refractivity contribution < 1.29 is 14.3 Å². The fourth-order valence-electron chi connectivity index (χ4n) is 3.44. The van der Waals surface area contributed by atoms with E-state index in [-0.39, 0.29) is 6.61 Å². The third-order valence-corrected chi connectivity index (χ3v) is 4.75. The van der Waals surface area contributed by atoms with Gasteiger partial charge in [0.15, 0.2) is 5.76 Å². The molecule has 2 atom stereocenters. The SMILES string of the molecule is Cc1cnccc1C1(C)C=C(Cl)C(OCC(C)(CC(C)C)OC(N)=O)=CN1. The van der Waals surface area contributed by atoms with E-state index in [1.54, 1.807) is 19.3 Å². The van der Waals surface area contributed by atoms with Crippen molar-refractivity contribution in [2.45, 2.75) is 52.2 Å². The molecule has 1 aliphatic heterocycles. The van der Waals surface area contributed by atoms with Crippen molar-refractivity contribution in [2.24, 2.45) is 11.7 Å². The van der Waals surface area contributed by atoms with Crippen LogP contribution in [0, 0.1) is 12.8 Å². The Morgan fingerprint density at radius 2 is 2.19 bits per heavy atom. The highest BCUT2D eigenvalue weighted by Gasteiger charge is 2.33. The van der Waals surface area contributed by atoms with Crippen LogP contribution in [0.15, 0.2) is 41.5 Å². The van der Waals surface area contributed by atoms with Crippen molar-refractivity contribution in [1.82, 2.24) is 10.3 Å². The maximum Gasteiger partial charge on any atom is 0.405 e. The molecule has 27 heavy (non-hydrogen) atoms. The molecule has 6 nitrogen and oxygen atoms in total. The molecule has 2 heterocycles. The standard InChI is InChI=1S/C20H28ClN3O3/c1-13(2)8-19(4,27-18(22)25)12-26-17-11-24-20(5,9-16(17)21)15-6-7-23-10-14(15)3/h6-7,9-11,13,24H,8,12H2,1-5H3,(H2,22,25). The van der Waals surface area contributed by atoms with Gasteiger partial charge in [-0.1, -0.05) is 25.4 Å². The number of aryl methyl sites for hydroxylation is 1. The van der Waals surface area contributed by atoms with Crippen molar-refractivity contribution in [2.75, 3.05) is 6.61 Å². The second-order valence-electron chi connectivity index (χ2n) is 7.80. The van der Waals surface area contributed by atoms with Crippen molar-refractivity contribution in [3.63, 3.8) is 0 Å². The molecule has 7 heteroatoms. The molecule has 0 fully saturated rings. The van der Waals surface area contributed by atoms with E-state index in [2.05, 4.69) is 10.3 Å². The predicted octanol–water partition coefficient (Wildman–Crippen LogP) is 4.09. The smallest absolute Gasteiger partial charge is 0.405 e. The number of hydrogen-bond acceptors (Lipinski definition) is 5. The average molecular weight is 394 g/mol. The van der Waals surface area contributed by atoms with E-state index in [4.69, 9.17) is 26.8 Å². The summed E-state index contributed by atoms with van der Waals surface area (Å²) in [6.07, 6.45) is 7.01. The summed E-state index contributed by atoms with van der Waals surface area (Å²) in [5.41, 5.74) is 6.05. The van der Waals surface area contributed by atoms with Gasteiger partial charge in [-0.05, 0) is 56.4 Å². The zero-order valence-corrected chi connectivity index (χ0v) is 17.3. The highest BCUT2D eigenvalue weighted by molar-refractivity contribution is 6.31. The van der Waals surface area contributed by atoms with Crippen LogP contribution in [0.4, 0.5) is 4.79 Å². The number of aromatic nitrogens is 1.